The molecule has 0 aliphatic heterocycles. The quantitative estimate of drug-likeness (QED) is 0.704. The molecule has 0 heterocycles. The Bertz CT molecular complexity index is 853. The highest BCUT2D eigenvalue weighted by Crippen LogP contribution is 2.29. The molecule has 2 N–H and O–H groups in total. The monoisotopic (exact) mass is 387 g/mol. The second kappa shape index (κ2) is 8.61. The molecule has 0 saturated carbocycles. The zero-order valence-corrected chi connectivity index (χ0v) is 16.6. The van der Waals surface area contributed by atoms with E-state index in [0.29, 0.717) is 27.9 Å². The van der Waals surface area contributed by atoms with Gasteiger partial charge in [-0.3, -0.25) is 14.4 Å². The summed E-state index contributed by atoms with van der Waals surface area (Å²) in [5.41, 5.74) is 0.110. The summed E-state index contributed by atoms with van der Waals surface area (Å²) in [6.45, 7) is 5.83. The summed E-state index contributed by atoms with van der Waals surface area (Å²) in [5, 5.41) is 12.9. The SMILES string of the molecule is CC1=C(C)C(=O)C(CCC(C)(O)C(=O)NCC(F)c2ccccc2)=C(C)C1=O. The van der Waals surface area contributed by atoms with Crippen molar-refractivity contribution >= 4 is 17.5 Å². The lowest BCUT2D eigenvalue weighted by Crippen LogP contribution is -2.45. The van der Waals surface area contributed by atoms with Gasteiger partial charge in [-0.25, -0.2) is 4.39 Å². The molecule has 2 unspecified atom stereocenters. The number of amides is 1. The maximum Gasteiger partial charge on any atom is 0.251 e. The van der Waals surface area contributed by atoms with Gasteiger partial charge in [0.2, 0.25) is 0 Å². The molecule has 2 rings (SSSR count). The maximum atomic E-state index is 14.2. The summed E-state index contributed by atoms with van der Waals surface area (Å²) in [6.07, 6.45) is -1.36. The van der Waals surface area contributed by atoms with Crippen LogP contribution in [0, 0.1) is 0 Å². The van der Waals surface area contributed by atoms with Gasteiger partial charge in [0.1, 0.15) is 11.8 Å². The van der Waals surface area contributed by atoms with Crippen molar-refractivity contribution in [2.24, 2.45) is 0 Å². The lowest BCUT2D eigenvalue weighted by Gasteiger charge is -2.25. The molecule has 1 aromatic rings. The van der Waals surface area contributed by atoms with E-state index in [1.54, 1.807) is 51.1 Å². The van der Waals surface area contributed by atoms with Gasteiger partial charge < -0.3 is 10.4 Å². The summed E-state index contributed by atoms with van der Waals surface area (Å²) >= 11 is 0. The number of Topliss-reactive ketones (excluding diaryl/α,β-unsaturated/α-hetero) is 2. The van der Waals surface area contributed by atoms with Crippen molar-refractivity contribution in [1.82, 2.24) is 5.32 Å². The van der Waals surface area contributed by atoms with E-state index in [1.807, 2.05) is 0 Å². The Morgan fingerprint density at radius 1 is 1.07 bits per heavy atom. The van der Waals surface area contributed by atoms with E-state index in [-0.39, 0.29) is 31.0 Å². The highest BCUT2D eigenvalue weighted by molar-refractivity contribution is 6.24. The van der Waals surface area contributed by atoms with E-state index >= 15 is 0 Å². The number of hydrogen-bond acceptors (Lipinski definition) is 4. The third-order valence-electron chi connectivity index (χ3n) is 5.27. The highest BCUT2D eigenvalue weighted by Gasteiger charge is 2.34. The average molecular weight is 387 g/mol. The van der Waals surface area contributed by atoms with Crippen LogP contribution in [0.1, 0.15) is 52.3 Å². The second-order valence-corrected chi connectivity index (χ2v) is 7.37. The van der Waals surface area contributed by atoms with Crippen molar-refractivity contribution < 1.29 is 23.9 Å². The first-order valence-electron chi connectivity index (χ1n) is 9.22. The van der Waals surface area contributed by atoms with Crippen LogP contribution in [0.2, 0.25) is 0 Å². The number of ketones is 2. The first-order chi connectivity index (χ1) is 13.1. The van der Waals surface area contributed by atoms with Crippen LogP contribution in [0.15, 0.2) is 52.6 Å². The van der Waals surface area contributed by atoms with Crippen LogP contribution in [0.5, 0.6) is 0 Å². The summed E-state index contributed by atoms with van der Waals surface area (Å²) < 4.78 is 14.2. The fourth-order valence-corrected chi connectivity index (χ4v) is 3.09. The smallest absolute Gasteiger partial charge is 0.251 e. The molecular weight excluding hydrogens is 361 g/mol. The van der Waals surface area contributed by atoms with E-state index in [0.717, 1.165) is 0 Å². The molecule has 0 fully saturated rings. The summed E-state index contributed by atoms with van der Waals surface area (Å²) in [5.74, 6) is -1.15. The molecule has 0 saturated heterocycles. The van der Waals surface area contributed by atoms with Crippen LogP contribution in [-0.2, 0) is 14.4 Å². The minimum absolute atomic E-state index is 0.0564. The first kappa shape index (κ1) is 21.7. The Labute approximate surface area is 164 Å². The predicted octanol–water partition coefficient (Wildman–Crippen LogP) is 3.15. The molecule has 6 heteroatoms. The highest BCUT2D eigenvalue weighted by atomic mass is 19.1. The fourth-order valence-electron chi connectivity index (χ4n) is 3.09. The van der Waals surface area contributed by atoms with Crippen LogP contribution < -0.4 is 5.32 Å². The second-order valence-electron chi connectivity index (χ2n) is 7.37. The lowest BCUT2D eigenvalue weighted by atomic mass is 9.82. The average Bonchev–Trinajstić information content (AvgIpc) is 2.69. The van der Waals surface area contributed by atoms with Crippen LogP contribution in [0.3, 0.4) is 0 Å². The summed E-state index contributed by atoms with van der Waals surface area (Å²) in [7, 11) is 0. The molecule has 1 amide bonds. The van der Waals surface area contributed by atoms with E-state index in [4.69, 9.17) is 0 Å². The standard InChI is InChI=1S/C22H26FNO4/c1-13-14(2)20(26)17(15(3)19(13)25)10-11-22(4,28)21(27)24-12-18(23)16-8-6-5-7-9-16/h5-9,18,28H,10-12H2,1-4H3,(H,24,27). The molecule has 1 aliphatic rings. The number of rotatable bonds is 7. The first-order valence-corrected chi connectivity index (χ1v) is 9.22. The number of hydrogen-bond donors (Lipinski definition) is 2. The number of allylic oxidation sites excluding steroid dienone is 4. The predicted molar refractivity (Wildman–Crippen MR) is 104 cm³/mol. The fraction of sp³-hybridized carbons (Fsp3) is 0.409. The van der Waals surface area contributed by atoms with E-state index in [1.165, 1.54) is 6.92 Å². The van der Waals surface area contributed by atoms with Crippen molar-refractivity contribution in [2.45, 2.75) is 52.3 Å². The van der Waals surface area contributed by atoms with Gasteiger partial charge >= 0.3 is 0 Å². The van der Waals surface area contributed by atoms with Gasteiger partial charge in [0.15, 0.2) is 11.6 Å². The van der Waals surface area contributed by atoms with Crippen molar-refractivity contribution in [3.05, 3.63) is 58.2 Å². The molecule has 2 atom stereocenters. The van der Waals surface area contributed by atoms with Gasteiger partial charge in [-0.2, -0.15) is 0 Å². The molecule has 5 nitrogen and oxygen atoms in total. The number of halogens is 1. The van der Waals surface area contributed by atoms with Gasteiger partial charge in [0.05, 0.1) is 6.54 Å². The maximum absolute atomic E-state index is 14.2. The van der Waals surface area contributed by atoms with Crippen molar-refractivity contribution in [2.75, 3.05) is 6.54 Å². The van der Waals surface area contributed by atoms with Crippen LogP contribution >= 0.6 is 0 Å². The molecule has 28 heavy (non-hydrogen) atoms. The molecule has 0 aromatic heterocycles. The van der Waals surface area contributed by atoms with Gasteiger partial charge in [-0.05, 0) is 46.1 Å². The zero-order valence-electron chi connectivity index (χ0n) is 16.6. The number of carbonyl (C=O) groups is 3. The Morgan fingerprint density at radius 2 is 1.64 bits per heavy atom. The van der Waals surface area contributed by atoms with Crippen LogP contribution in [0.4, 0.5) is 4.39 Å². The topological polar surface area (TPSA) is 83.5 Å². The number of benzene rings is 1. The molecule has 0 spiro atoms. The van der Waals surface area contributed by atoms with E-state index in [9.17, 15) is 23.9 Å². The van der Waals surface area contributed by atoms with Crippen LogP contribution in [-0.4, -0.2) is 34.7 Å². The summed E-state index contributed by atoms with van der Waals surface area (Å²) in [4.78, 5) is 37.0. The van der Waals surface area contributed by atoms with Gasteiger partial charge in [-0.15, -0.1) is 0 Å². The third kappa shape index (κ3) is 4.62. The molecule has 150 valence electrons. The Kier molecular flexibility index (Phi) is 6.67. The third-order valence-corrected chi connectivity index (χ3v) is 5.27. The largest absolute Gasteiger partial charge is 0.380 e. The van der Waals surface area contributed by atoms with Crippen molar-refractivity contribution in [1.29, 1.82) is 0 Å². The Hall–Kier alpha value is -2.60. The van der Waals surface area contributed by atoms with E-state index < -0.39 is 17.7 Å². The number of aliphatic hydroxyl groups is 1. The molecule has 0 radical (unpaired) electrons. The lowest BCUT2D eigenvalue weighted by molar-refractivity contribution is -0.139. The number of carbonyl (C=O) groups excluding carboxylic acids is 3. The van der Waals surface area contributed by atoms with Gasteiger partial charge in [0, 0.05) is 22.3 Å². The molecular formula is C22H26FNO4. The van der Waals surface area contributed by atoms with E-state index in [2.05, 4.69) is 5.32 Å². The van der Waals surface area contributed by atoms with Gasteiger partial charge in [-0.1, -0.05) is 30.3 Å². The summed E-state index contributed by atoms with van der Waals surface area (Å²) in [6, 6.07) is 8.42. The Morgan fingerprint density at radius 3 is 2.25 bits per heavy atom. The molecule has 1 aromatic carbocycles. The minimum Gasteiger partial charge on any atom is -0.380 e. The number of alkyl halides is 1. The van der Waals surface area contributed by atoms with Crippen LogP contribution in [0.25, 0.3) is 0 Å². The van der Waals surface area contributed by atoms with Crippen molar-refractivity contribution in [3.8, 4) is 0 Å². The zero-order chi connectivity index (χ0) is 21.1. The number of nitrogens with one attached hydrogen (secondary N) is 1. The Balaban J connectivity index is 1.98. The molecule has 0 bridgehead atoms. The van der Waals surface area contributed by atoms with Gasteiger partial charge in [0.25, 0.3) is 5.91 Å². The molecule has 1 aliphatic carbocycles. The van der Waals surface area contributed by atoms with Crippen molar-refractivity contribution in [3.63, 3.8) is 0 Å². The normalized spacial score (nSPS) is 18.2. The minimum atomic E-state index is -1.79.